The highest BCUT2D eigenvalue weighted by Gasteiger charge is 2.55. The van der Waals surface area contributed by atoms with Gasteiger partial charge in [0.25, 0.3) is 0 Å². The number of hydrogen-bond donors (Lipinski definition) is 0. The smallest absolute Gasteiger partial charge is 0.171 e. The third-order valence-electron chi connectivity index (χ3n) is 5.77. The first-order chi connectivity index (χ1) is 14.1. The lowest BCUT2D eigenvalue weighted by Crippen LogP contribution is -2.66. The Morgan fingerprint density at radius 1 is 1.00 bits per heavy atom. The number of rotatable bonds is 10. The Kier molecular flexibility index (Phi) is 7.15. The summed E-state index contributed by atoms with van der Waals surface area (Å²) in [4.78, 5) is 6.57. The monoisotopic (exact) mass is 421 g/mol. The Labute approximate surface area is 181 Å². The quantitative estimate of drug-likeness (QED) is 0.396. The van der Waals surface area contributed by atoms with E-state index in [0.717, 1.165) is 30.8 Å². The lowest BCUT2D eigenvalue weighted by molar-refractivity contribution is -0.366. The summed E-state index contributed by atoms with van der Waals surface area (Å²) in [5, 5.41) is 2.15. The molecule has 1 aromatic rings. The Hall–Kier alpha value is -1.18. The second-order valence-corrected chi connectivity index (χ2v) is 9.63. The minimum absolute atomic E-state index is 0.0870. The van der Waals surface area contributed by atoms with Gasteiger partial charge >= 0.3 is 0 Å². The third kappa shape index (κ3) is 5.54. The molecular formula is C24H39NO5. The molecule has 0 aliphatic carbocycles. The van der Waals surface area contributed by atoms with Crippen LogP contribution >= 0.6 is 0 Å². The van der Waals surface area contributed by atoms with Gasteiger partial charge in [0.05, 0.1) is 6.61 Å². The Bertz CT molecular complexity index is 657. The van der Waals surface area contributed by atoms with Crippen molar-refractivity contribution >= 4 is 0 Å². The van der Waals surface area contributed by atoms with Gasteiger partial charge in [0.1, 0.15) is 24.6 Å². The summed E-state index contributed by atoms with van der Waals surface area (Å²) >= 11 is 0. The van der Waals surface area contributed by atoms with E-state index in [1.54, 1.807) is 0 Å². The summed E-state index contributed by atoms with van der Waals surface area (Å²) in [6, 6.07) is 8.14. The van der Waals surface area contributed by atoms with E-state index in [9.17, 15) is 0 Å². The van der Waals surface area contributed by atoms with Gasteiger partial charge in [-0.1, -0.05) is 12.1 Å². The minimum atomic E-state index is -0.580. The van der Waals surface area contributed by atoms with Crippen LogP contribution < -0.4 is 4.74 Å². The number of hydrogen-bond acceptors (Lipinski definition) is 6. The van der Waals surface area contributed by atoms with Crippen LogP contribution in [0.15, 0.2) is 24.3 Å². The molecule has 0 aromatic heterocycles. The molecule has 3 rings (SSSR count). The van der Waals surface area contributed by atoms with Gasteiger partial charge < -0.3 is 18.9 Å². The van der Waals surface area contributed by atoms with Crippen molar-refractivity contribution in [1.29, 1.82) is 0 Å². The summed E-state index contributed by atoms with van der Waals surface area (Å²) in [5.74, 6) is 0.280. The molecule has 0 saturated carbocycles. The Morgan fingerprint density at radius 3 is 2.00 bits per heavy atom. The van der Waals surface area contributed by atoms with Gasteiger partial charge in [-0.05, 0) is 66.2 Å². The first-order valence-electron chi connectivity index (χ1n) is 11.2. The largest absolute Gasteiger partial charge is 0.491 e. The van der Waals surface area contributed by atoms with Crippen molar-refractivity contribution in [3.8, 4) is 5.75 Å². The first-order valence-corrected chi connectivity index (χ1v) is 11.2. The van der Waals surface area contributed by atoms with Crippen LogP contribution in [-0.4, -0.2) is 54.5 Å². The molecule has 6 nitrogen and oxygen atoms in total. The molecule has 0 bridgehead atoms. The van der Waals surface area contributed by atoms with Crippen molar-refractivity contribution in [1.82, 2.24) is 5.06 Å². The van der Waals surface area contributed by atoms with E-state index in [2.05, 4.69) is 51.8 Å². The molecule has 0 radical (unpaired) electrons. The molecule has 2 heterocycles. The molecule has 30 heavy (non-hydrogen) atoms. The Morgan fingerprint density at radius 2 is 1.53 bits per heavy atom. The fourth-order valence-corrected chi connectivity index (χ4v) is 4.81. The van der Waals surface area contributed by atoms with Crippen molar-refractivity contribution in [3.63, 3.8) is 0 Å². The summed E-state index contributed by atoms with van der Waals surface area (Å²) in [7, 11) is 0. The molecule has 170 valence electrons. The van der Waals surface area contributed by atoms with Crippen LogP contribution in [0.25, 0.3) is 0 Å². The number of piperidine rings is 1. The van der Waals surface area contributed by atoms with Crippen molar-refractivity contribution in [3.05, 3.63) is 29.8 Å². The number of nitrogens with zero attached hydrogens (tertiary/aromatic N) is 1. The van der Waals surface area contributed by atoms with Crippen molar-refractivity contribution in [2.75, 3.05) is 26.4 Å². The van der Waals surface area contributed by atoms with Crippen molar-refractivity contribution in [2.45, 2.75) is 90.4 Å². The van der Waals surface area contributed by atoms with Gasteiger partial charge in [0.2, 0.25) is 0 Å². The second kappa shape index (κ2) is 9.13. The van der Waals surface area contributed by atoms with Gasteiger partial charge in [0.15, 0.2) is 5.79 Å². The standard InChI is InChI=1S/C24H39NO5/c1-8-28-24(29-9-2)16-22(4,5)25(23(6,7)17-24)30-18(3)19-10-12-20(13-11-19)26-14-21-15-27-21/h10-13,18,21H,8-9,14-17H2,1-7H3. The van der Waals surface area contributed by atoms with Crippen LogP contribution in [-0.2, 0) is 19.0 Å². The topological polar surface area (TPSA) is 52.7 Å². The summed E-state index contributed by atoms with van der Waals surface area (Å²) in [5.41, 5.74) is 0.601. The van der Waals surface area contributed by atoms with E-state index in [-0.39, 0.29) is 23.3 Å². The Balaban J connectivity index is 1.69. The molecule has 2 aliphatic heterocycles. The lowest BCUT2D eigenvalue weighted by Gasteiger charge is -2.57. The molecule has 6 heteroatoms. The third-order valence-corrected chi connectivity index (χ3v) is 5.77. The van der Waals surface area contributed by atoms with Crippen LogP contribution in [0.3, 0.4) is 0 Å². The van der Waals surface area contributed by atoms with Crippen LogP contribution in [0.4, 0.5) is 0 Å². The zero-order valence-corrected chi connectivity index (χ0v) is 19.7. The fraction of sp³-hybridized carbons (Fsp3) is 0.750. The second-order valence-electron chi connectivity index (χ2n) is 9.63. The molecule has 0 spiro atoms. The average Bonchev–Trinajstić information content (AvgIpc) is 3.47. The van der Waals surface area contributed by atoms with E-state index in [4.69, 9.17) is 23.8 Å². The molecular weight excluding hydrogens is 382 g/mol. The zero-order valence-electron chi connectivity index (χ0n) is 19.7. The molecule has 0 N–H and O–H groups in total. The molecule has 2 unspecified atom stereocenters. The maximum absolute atomic E-state index is 6.57. The average molecular weight is 422 g/mol. The molecule has 2 fully saturated rings. The highest BCUT2D eigenvalue weighted by molar-refractivity contribution is 5.28. The van der Waals surface area contributed by atoms with E-state index in [1.165, 1.54) is 0 Å². The van der Waals surface area contributed by atoms with Crippen molar-refractivity contribution in [2.24, 2.45) is 0 Å². The first kappa shape index (κ1) is 23.5. The van der Waals surface area contributed by atoms with E-state index in [1.807, 2.05) is 26.0 Å². The molecule has 2 saturated heterocycles. The molecule has 2 aliphatic rings. The fourth-order valence-electron chi connectivity index (χ4n) is 4.81. The number of ether oxygens (including phenoxy) is 4. The van der Waals surface area contributed by atoms with E-state index in [0.29, 0.717) is 19.8 Å². The highest BCUT2D eigenvalue weighted by Crippen LogP contribution is 2.47. The maximum atomic E-state index is 6.57. The maximum Gasteiger partial charge on any atom is 0.171 e. The summed E-state index contributed by atoms with van der Waals surface area (Å²) in [6.45, 7) is 17.6. The molecule has 0 amide bonds. The van der Waals surface area contributed by atoms with Crippen LogP contribution in [0.5, 0.6) is 5.75 Å². The summed E-state index contributed by atoms with van der Waals surface area (Å²) in [6.07, 6.45) is 1.66. The SMILES string of the molecule is CCOC1(OCC)CC(C)(C)N(OC(C)c2ccc(OCC3CO3)cc2)C(C)(C)C1. The van der Waals surface area contributed by atoms with E-state index < -0.39 is 5.79 Å². The minimum Gasteiger partial charge on any atom is -0.491 e. The number of epoxide rings is 1. The predicted molar refractivity (Wildman–Crippen MR) is 116 cm³/mol. The van der Waals surface area contributed by atoms with Crippen LogP contribution in [0.1, 0.15) is 73.0 Å². The number of hydroxylamine groups is 2. The summed E-state index contributed by atoms with van der Waals surface area (Å²) < 4.78 is 23.2. The normalized spacial score (nSPS) is 25.6. The predicted octanol–water partition coefficient (Wildman–Crippen LogP) is 4.88. The number of benzene rings is 1. The van der Waals surface area contributed by atoms with Crippen LogP contribution in [0, 0.1) is 0 Å². The van der Waals surface area contributed by atoms with E-state index >= 15 is 0 Å². The van der Waals surface area contributed by atoms with Crippen molar-refractivity contribution < 1.29 is 23.8 Å². The van der Waals surface area contributed by atoms with Gasteiger partial charge in [-0.15, -0.1) is 0 Å². The molecule has 2 atom stereocenters. The zero-order chi connectivity index (χ0) is 22.0. The van der Waals surface area contributed by atoms with Gasteiger partial charge in [0, 0.05) is 37.1 Å². The van der Waals surface area contributed by atoms with Gasteiger partial charge in [-0.2, -0.15) is 5.06 Å². The van der Waals surface area contributed by atoms with Crippen LogP contribution in [0.2, 0.25) is 0 Å². The van der Waals surface area contributed by atoms with Gasteiger partial charge in [-0.3, -0.25) is 4.84 Å². The lowest BCUT2D eigenvalue weighted by atomic mass is 9.77. The highest BCUT2D eigenvalue weighted by atomic mass is 16.7. The van der Waals surface area contributed by atoms with Gasteiger partial charge in [-0.25, -0.2) is 0 Å². The molecule has 1 aromatic carbocycles.